The lowest BCUT2D eigenvalue weighted by molar-refractivity contribution is -0.290. The van der Waals surface area contributed by atoms with Gasteiger partial charge in [0.05, 0.1) is 49.3 Å². The zero-order valence-corrected chi connectivity index (χ0v) is 52.7. The normalized spacial score (nSPS) is 15.9. The zero-order chi connectivity index (χ0) is 63.9. The van der Waals surface area contributed by atoms with Crippen molar-refractivity contribution < 1.29 is 38.8 Å². The first-order valence-electron chi connectivity index (χ1n) is 30.4. The van der Waals surface area contributed by atoms with Gasteiger partial charge in [0.25, 0.3) is 0 Å². The van der Waals surface area contributed by atoms with Crippen LogP contribution in [0.5, 0.6) is 0 Å². The first-order valence-corrected chi connectivity index (χ1v) is 30.4. The molecule has 88 heavy (non-hydrogen) atoms. The van der Waals surface area contributed by atoms with E-state index in [2.05, 4.69) is 5.32 Å². The number of nitrogens with two attached hydrogens (primary N) is 1. The Morgan fingerprint density at radius 2 is 0.568 bits per heavy atom. The average Bonchev–Trinajstić information content (AvgIpc) is 2.81. The summed E-state index contributed by atoms with van der Waals surface area (Å²) in [4.78, 5) is 113. The Morgan fingerprint density at radius 1 is 0.375 bits per heavy atom. The zero-order valence-electron chi connectivity index (χ0n) is 52.7. The number of piperidine rings is 1. The standard InChI is InChI=1S/C71H88N9O8/c1-50(56-29-17-11-18-30-56)74(44-63(72)81)65(83)46-76(52(3)58-33-21-13-22-34-58)67(85)48-78(54(5)60-37-25-15-26-38-60)69(87)49-79(55(6)61-39-27-16-28-40-61)68(86)47-77(53(4)59-35-23-14-24-36-59)66(84)45-75(51(2)57-31-19-12-20-32-57)64(82)43-73-62-41-70(7,8)80(88)71(9,10)42-62/h11-40,50-55,62,73H,41-49H2,1-10H3,(H2,72,81)/t50-,51-,52-,53-,54-,55-/m0/s1. The summed E-state index contributed by atoms with van der Waals surface area (Å²) >= 11 is 0. The molecule has 1 fully saturated rings. The third-order valence-corrected chi connectivity index (χ3v) is 17.4. The Hall–Kier alpha value is -8.51. The number of benzene rings is 6. The molecule has 1 heterocycles. The second-order valence-corrected chi connectivity index (χ2v) is 24.5. The van der Waals surface area contributed by atoms with Crippen molar-refractivity contribution in [2.75, 3.05) is 45.8 Å². The van der Waals surface area contributed by atoms with Gasteiger partial charge in [0, 0.05) is 17.1 Å². The quantitative estimate of drug-likeness (QED) is 0.0504. The molecule has 465 valence electrons. The van der Waals surface area contributed by atoms with Gasteiger partial charge >= 0.3 is 0 Å². The van der Waals surface area contributed by atoms with Crippen molar-refractivity contribution >= 4 is 41.4 Å². The van der Waals surface area contributed by atoms with Crippen molar-refractivity contribution in [1.82, 2.24) is 39.8 Å². The van der Waals surface area contributed by atoms with Crippen molar-refractivity contribution in [3.63, 3.8) is 0 Å². The topological polar surface area (TPSA) is 200 Å². The Labute approximate surface area is 520 Å². The molecule has 7 amide bonds. The Kier molecular flexibility index (Phi) is 23.2. The van der Waals surface area contributed by atoms with Crippen LogP contribution in [0, 0.1) is 0 Å². The van der Waals surface area contributed by atoms with Crippen LogP contribution in [-0.2, 0) is 38.8 Å². The van der Waals surface area contributed by atoms with E-state index in [4.69, 9.17) is 5.73 Å². The lowest BCUT2D eigenvalue weighted by atomic mass is 9.79. The molecule has 6 aromatic carbocycles. The molecule has 6 aromatic rings. The van der Waals surface area contributed by atoms with Crippen molar-refractivity contribution in [3.8, 4) is 0 Å². The fourth-order valence-electron chi connectivity index (χ4n) is 12.2. The minimum absolute atomic E-state index is 0.112. The minimum Gasteiger partial charge on any atom is -0.368 e. The number of nitrogens with zero attached hydrogens (tertiary/aromatic N) is 7. The van der Waals surface area contributed by atoms with Gasteiger partial charge in [-0.2, -0.15) is 0 Å². The highest BCUT2D eigenvalue weighted by molar-refractivity contribution is 5.93. The van der Waals surface area contributed by atoms with Crippen LogP contribution in [0.2, 0.25) is 0 Å². The second kappa shape index (κ2) is 30.4. The molecular weight excluding hydrogens is 1110 g/mol. The molecule has 0 aromatic heterocycles. The van der Waals surface area contributed by atoms with E-state index in [1.54, 1.807) is 20.8 Å². The molecule has 0 unspecified atom stereocenters. The number of carbonyl (C=O) groups is 7. The number of hydrogen-bond donors (Lipinski definition) is 2. The summed E-state index contributed by atoms with van der Waals surface area (Å²) in [7, 11) is 0. The molecule has 1 radical (unpaired) electrons. The van der Waals surface area contributed by atoms with E-state index < -0.39 is 122 Å². The molecule has 1 saturated heterocycles. The molecule has 0 spiro atoms. The predicted octanol–water partition coefficient (Wildman–Crippen LogP) is 9.97. The number of hydrogen-bond acceptors (Lipinski definition) is 9. The van der Waals surface area contributed by atoms with Crippen molar-refractivity contribution in [2.24, 2.45) is 5.73 Å². The van der Waals surface area contributed by atoms with E-state index in [0.29, 0.717) is 24.0 Å². The monoisotopic (exact) mass is 1190 g/mol. The van der Waals surface area contributed by atoms with Gasteiger partial charge in [0.1, 0.15) is 32.7 Å². The van der Waals surface area contributed by atoms with Gasteiger partial charge in [0.2, 0.25) is 41.4 Å². The first-order chi connectivity index (χ1) is 41.9. The SMILES string of the molecule is C[C@@H](c1ccccc1)N(CC(N)=O)C(=O)CN(C(=O)CN(C(=O)CN(C(=O)CN(C(=O)CN(C(=O)CNC1CC(C)(C)N([O])C(C)(C)C1)[C@@H](C)c1ccccc1)[C@@H](C)c1ccccc1)[C@@H](C)c1ccccc1)[C@@H](C)c1ccccc1)[C@@H](C)c1ccccc1. The van der Waals surface area contributed by atoms with Gasteiger partial charge in [-0.25, -0.2) is 0 Å². The van der Waals surface area contributed by atoms with Crippen LogP contribution in [0.25, 0.3) is 0 Å². The molecular formula is C71H88N9O8. The average molecular weight is 1200 g/mol. The van der Waals surface area contributed by atoms with Gasteiger partial charge in [-0.1, -0.05) is 182 Å². The summed E-state index contributed by atoms with van der Waals surface area (Å²) in [5, 5.41) is 17.8. The molecule has 0 saturated carbocycles. The highest BCUT2D eigenvalue weighted by Crippen LogP contribution is 2.37. The largest absolute Gasteiger partial charge is 0.368 e. The molecule has 6 atom stereocenters. The lowest BCUT2D eigenvalue weighted by Gasteiger charge is -2.50. The second-order valence-electron chi connectivity index (χ2n) is 24.5. The van der Waals surface area contributed by atoms with Crippen LogP contribution in [0.3, 0.4) is 0 Å². The van der Waals surface area contributed by atoms with Gasteiger partial charge in [-0.05, 0) is 115 Å². The van der Waals surface area contributed by atoms with E-state index >= 15 is 19.2 Å². The van der Waals surface area contributed by atoms with Crippen LogP contribution in [0.1, 0.15) is 152 Å². The maximum Gasteiger partial charge on any atom is 0.243 e. The smallest absolute Gasteiger partial charge is 0.243 e. The number of amides is 7. The fourth-order valence-corrected chi connectivity index (χ4v) is 12.2. The Morgan fingerprint density at radius 3 is 0.773 bits per heavy atom. The number of carbonyl (C=O) groups excluding carboxylic acids is 7. The maximum atomic E-state index is 15.7. The third kappa shape index (κ3) is 17.2. The molecule has 7 rings (SSSR count). The van der Waals surface area contributed by atoms with Gasteiger partial charge in [-0.3, -0.25) is 33.6 Å². The van der Waals surface area contributed by atoms with Gasteiger partial charge in [-0.15, -0.1) is 10.3 Å². The Balaban J connectivity index is 1.23. The Bertz CT molecular complexity index is 3250. The van der Waals surface area contributed by atoms with Gasteiger partial charge in [0.15, 0.2) is 0 Å². The molecule has 17 nitrogen and oxygen atoms in total. The van der Waals surface area contributed by atoms with Crippen molar-refractivity contribution in [2.45, 2.75) is 135 Å². The van der Waals surface area contributed by atoms with E-state index in [0.717, 1.165) is 27.3 Å². The van der Waals surface area contributed by atoms with E-state index in [1.165, 1.54) is 29.4 Å². The fraction of sp³-hybridized carbons (Fsp3) is 0.394. The van der Waals surface area contributed by atoms with Crippen LogP contribution < -0.4 is 11.1 Å². The summed E-state index contributed by atoms with van der Waals surface area (Å²) in [5.41, 5.74) is 8.79. The maximum absolute atomic E-state index is 15.7. The van der Waals surface area contributed by atoms with Gasteiger partial charge < -0.3 is 40.4 Å². The minimum atomic E-state index is -0.744. The molecule has 3 N–H and O–H groups in total. The van der Waals surface area contributed by atoms with E-state index in [9.17, 15) is 19.6 Å². The summed E-state index contributed by atoms with van der Waals surface area (Å²) < 4.78 is 0. The summed E-state index contributed by atoms with van der Waals surface area (Å²) in [5.74, 6) is -3.86. The highest BCUT2D eigenvalue weighted by atomic mass is 16.5. The number of nitrogens with one attached hydrogen (secondary N) is 1. The summed E-state index contributed by atoms with van der Waals surface area (Å²) in [6, 6.07) is 51.3. The summed E-state index contributed by atoms with van der Waals surface area (Å²) in [6.07, 6.45) is 1.01. The van der Waals surface area contributed by atoms with Crippen LogP contribution in [0.15, 0.2) is 182 Å². The number of rotatable bonds is 27. The van der Waals surface area contributed by atoms with Crippen LogP contribution in [0.4, 0.5) is 0 Å². The molecule has 1 aliphatic heterocycles. The predicted molar refractivity (Wildman–Crippen MR) is 340 cm³/mol. The number of primary amides is 1. The molecule has 0 bridgehead atoms. The van der Waals surface area contributed by atoms with E-state index in [-0.39, 0.29) is 18.5 Å². The third-order valence-electron chi connectivity index (χ3n) is 17.4. The van der Waals surface area contributed by atoms with Crippen LogP contribution in [-0.4, -0.2) is 139 Å². The van der Waals surface area contributed by atoms with Crippen molar-refractivity contribution in [1.29, 1.82) is 0 Å². The van der Waals surface area contributed by atoms with Crippen LogP contribution >= 0.6 is 0 Å². The summed E-state index contributed by atoms with van der Waals surface area (Å²) in [6.45, 7) is 15.5. The lowest BCUT2D eigenvalue weighted by Crippen LogP contribution is -2.62. The van der Waals surface area contributed by atoms with E-state index in [1.807, 2.05) is 230 Å². The molecule has 17 heteroatoms. The molecule has 0 aliphatic carbocycles. The van der Waals surface area contributed by atoms with Crippen molar-refractivity contribution in [3.05, 3.63) is 215 Å². The highest BCUT2D eigenvalue weighted by Gasteiger charge is 2.46. The molecule has 1 aliphatic rings. The first kappa shape index (κ1) is 67.0. The number of hydroxylamine groups is 2.